The lowest BCUT2D eigenvalue weighted by molar-refractivity contribution is 0.0520. The summed E-state index contributed by atoms with van der Waals surface area (Å²) in [6, 6.07) is 8.45. The van der Waals surface area contributed by atoms with E-state index in [0.29, 0.717) is 11.1 Å². The smallest absolute Gasteiger partial charge is 0.354 e. The lowest BCUT2D eigenvalue weighted by Crippen LogP contribution is -2.11. The Bertz CT molecular complexity index is 828. The fraction of sp³-hybridized carbons (Fsp3) is 0.143. The van der Waals surface area contributed by atoms with Crippen LogP contribution in [0.2, 0.25) is 0 Å². The molecule has 2 aromatic heterocycles. The molecule has 3 aromatic rings. The molecule has 0 unspecified atom stereocenters. The molecule has 5 nitrogen and oxygen atoms in total. The number of para-hydroxylation sites is 1. The average molecular weight is 257 g/mol. The van der Waals surface area contributed by atoms with E-state index in [4.69, 9.17) is 9.15 Å². The van der Waals surface area contributed by atoms with Crippen LogP contribution in [0.3, 0.4) is 0 Å². The van der Waals surface area contributed by atoms with Crippen molar-refractivity contribution in [3.63, 3.8) is 0 Å². The first-order valence-corrected chi connectivity index (χ1v) is 5.92. The third kappa shape index (κ3) is 1.79. The van der Waals surface area contributed by atoms with Crippen LogP contribution >= 0.6 is 0 Å². The summed E-state index contributed by atoms with van der Waals surface area (Å²) in [7, 11) is 0. The van der Waals surface area contributed by atoms with Crippen LogP contribution in [0.4, 0.5) is 0 Å². The van der Waals surface area contributed by atoms with Crippen molar-refractivity contribution >= 4 is 28.0 Å². The third-order valence-corrected chi connectivity index (χ3v) is 2.85. The standard InChI is InChI=1S/C14H11NO4/c1-2-18-14(17)9-7-10(16)13-12(15-9)8-5-3-4-6-11(8)19-13/h3-7H,2H2,1H3,(H,15,16). The number of ether oxygens (including phenoxy) is 1. The Hall–Kier alpha value is -2.56. The van der Waals surface area contributed by atoms with Gasteiger partial charge in [0.2, 0.25) is 5.43 Å². The topological polar surface area (TPSA) is 72.3 Å². The Labute approximate surface area is 107 Å². The van der Waals surface area contributed by atoms with E-state index in [-0.39, 0.29) is 23.3 Å². The molecule has 0 fully saturated rings. The van der Waals surface area contributed by atoms with Gasteiger partial charge in [0.05, 0.1) is 12.1 Å². The van der Waals surface area contributed by atoms with Crippen LogP contribution in [0.5, 0.6) is 0 Å². The van der Waals surface area contributed by atoms with Crippen molar-refractivity contribution in [3.05, 3.63) is 46.2 Å². The molecule has 19 heavy (non-hydrogen) atoms. The van der Waals surface area contributed by atoms with E-state index < -0.39 is 5.97 Å². The highest BCUT2D eigenvalue weighted by atomic mass is 16.5. The molecule has 1 aromatic carbocycles. The number of fused-ring (bicyclic) bond motifs is 3. The van der Waals surface area contributed by atoms with Crippen LogP contribution in [0.1, 0.15) is 17.4 Å². The first kappa shape index (κ1) is 11.5. The predicted octanol–water partition coefficient (Wildman–Crippen LogP) is 2.45. The number of benzene rings is 1. The maximum Gasteiger partial charge on any atom is 0.354 e. The second-order valence-electron chi connectivity index (χ2n) is 4.07. The number of furan rings is 1. The van der Waals surface area contributed by atoms with Crippen molar-refractivity contribution in [3.8, 4) is 0 Å². The molecule has 0 saturated carbocycles. The van der Waals surface area contributed by atoms with Crippen LogP contribution in [0.25, 0.3) is 22.1 Å². The van der Waals surface area contributed by atoms with Crippen molar-refractivity contribution in [2.75, 3.05) is 6.61 Å². The molecule has 0 aliphatic rings. The number of carbonyl (C=O) groups is 1. The maximum atomic E-state index is 12.0. The fourth-order valence-electron chi connectivity index (χ4n) is 2.03. The molecule has 0 atom stereocenters. The van der Waals surface area contributed by atoms with Crippen molar-refractivity contribution in [1.29, 1.82) is 0 Å². The van der Waals surface area contributed by atoms with Crippen molar-refractivity contribution < 1.29 is 13.9 Å². The van der Waals surface area contributed by atoms with Gasteiger partial charge in [0, 0.05) is 11.5 Å². The molecule has 0 amide bonds. The summed E-state index contributed by atoms with van der Waals surface area (Å²) in [5.74, 6) is -0.549. The van der Waals surface area contributed by atoms with Gasteiger partial charge in [-0.15, -0.1) is 0 Å². The second kappa shape index (κ2) is 4.28. The summed E-state index contributed by atoms with van der Waals surface area (Å²) < 4.78 is 10.4. The molecule has 5 heteroatoms. The molecule has 2 heterocycles. The largest absolute Gasteiger partial charge is 0.461 e. The lowest BCUT2D eigenvalue weighted by atomic mass is 10.2. The summed E-state index contributed by atoms with van der Waals surface area (Å²) in [5, 5.41) is 0.765. The summed E-state index contributed by atoms with van der Waals surface area (Å²) in [6.45, 7) is 1.97. The van der Waals surface area contributed by atoms with E-state index in [0.717, 1.165) is 5.39 Å². The van der Waals surface area contributed by atoms with E-state index >= 15 is 0 Å². The number of esters is 1. The SMILES string of the molecule is CCOC(=O)c1cc(=O)c2oc3ccccc3c2[nH]1. The number of aromatic amines is 1. The Morgan fingerprint density at radius 1 is 1.37 bits per heavy atom. The average Bonchev–Trinajstić information content (AvgIpc) is 2.78. The highest BCUT2D eigenvalue weighted by Gasteiger charge is 2.15. The number of hydrogen-bond acceptors (Lipinski definition) is 4. The summed E-state index contributed by atoms with van der Waals surface area (Å²) in [4.78, 5) is 26.5. The number of H-pyrrole nitrogens is 1. The monoisotopic (exact) mass is 257 g/mol. The number of pyridine rings is 1. The van der Waals surface area contributed by atoms with Crippen molar-refractivity contribution in [1.82, 2.24) is 4.98 Å². The molecule has 0 saturated heterocycles. The predicted molar refractivity (Wildman–Crippen MR) is 70.3 cm³/mol. The van der Waals surface area contributed by atoms with Crippen LogP contribution in [-0.2, 0) is 4.74 Å². The lowest BCUT2D eigenvalue weighted by Gasteiger charge is -2.01. The Morgan fingerprint density at radius 2 is 2.16 bits per heavy atom. The quantitative estimate of drug-likeness (QED) is 0.716. The molecule has 1 N–H and O–H groups in total. The Morgan fingerprint density at radius 3 is 2.95 bits per heavy atom. The molecular weight excluding hydrogens is 246 g/mol. The second-order valence-corrected chi connectivity index (χ2v) is 4.07. The van der Waals surface area contributed by atoms with Gasteiger partial charge in [0.15, 0.2) is 5.58 Å². The molecule has 0 aliphatic carbocycles. The first-order chi connectivity index (χ1) is 9.20. The van der Waals surface area contributed by atoms with Crippen LogP contribution < -0.4 is 5.43 Å². The van der Waals surface area contributed by atoms with Gasteiger partial charge in [-0.05, 0) is 19.1 Å². The van der Waals surface area contributed by atoms with Gasteiger partial charge < -0.3 is 14.1 Å². The molecule has 0 spiro atoms. The fourth-order valence-corrected chi connectivity index (χ4v) is 2.03. The van der Waals surface area contributed by atoms with Crippen LogP contribution in [-0.4, -0.2) is 17.6 Å². The van der Waals surface area contributed by atoms with Crippen LogP contribution in [0, 0.1) is 0 Å². The first-order valence-electron chi connectivity index (χ1n) is 5.92. The zero-order chi connectivity index (χ0) is 13.4. The van der Waals surface area contributed by atoms with Gasteiger partial charge in [-0.1, -0.05) is 12.1 Å². The Kier molecular flexibility index (Phi) is 2.59. The number of nitrogens with one attached hydrogen (secondary N) is 1. The van der Waals surface area contributed by atoms with Crippen molar-refractivity contribution in [2.24, 2.45) is 0 Å². The van der Waals surface area contributed by atoms with E-state index in [9.17, 15) is 9.59 Å². The van der Waals surface area contributed by atoms with Gasteiger partial charge in [-0.2, -0.15) is 0 Å². The number of carbonyl (C=O) groups excluding carboxylic acids is 1. The van der Waals surface area contributed by atoms with E-state index in [1.165, 1.54) is 6.07 Å². The van der Waals surface area contributed by atoms with Crippen LogP contribution in [0.15, 0.2) is 39.5 Å². The number of aromatic nitrogens is 1. The molecule has 0 bridgehead atoms. The normalized spacial score (nSPS) is 11.0. The van der Waals surface area contributed by atoms with Gasteiger partial charge in [-0.3, -0.25) is 4.79 Å². The number of rotatable bonds is 2. The summed E-state index contributed by atoms with van der Waals surface area (Å²) in [5.41, 5.74) is 1.13. The van der Waals surface area contributed by atoms with Gasteiger partial charge in [-0.25, -0.2) is 4.79 Å². The highest BCUT2D eigenvalue weighted by Crippen LogP contribution is 2.24. The maximum absolute atomic E-state index is 12.0. The molecular formula is C14H11NO4. The van der Waals surface area contributed by atoms with Gasteiger partial charge in [0.1, 0.15) is 11.3 Å². The minimum atomic E-state index is -0.549. The molecule has 3 rings (SSSR count). The summed E-state index contributed by atoms with van der Waals surface area (Å²) in [6.07, 6.45) is 0. The molecule has 96 valence electrons. The third-order valence-electron chi connectivity index (χ3n) is 2.85. The zero-order valence-electron chi connectivity index (χ0n) is 10.2. The molecule has 0 radical (unpaired) electrons. The van der Waals surface area contributed by atoms with Crippen molar-refractivity contribution in [2.45, 2.75) is 6.92 Å². The molecule has 0 aliphatic heterocycles. The Balaban J connectivity index is 2.32. The highest BCUT2D eigenvalue weighted by molar-refractivity contribution is 6.03. The van der Waals surface area contributed by atoms with E-state index in [1.807, 2.05) is 18.2 Å². The van der Waals surface area contributed by atoms with Gasteiger partial charge >= 0.3 is 5.97 Å². The zero-order valence-corrected chi connectivity index (χ0v) is 10.2. The minimum Gasteiger partial charge on any atom is -0.461 e. The van der Waals surface area contributed by atoms with E-state index in [1.54, 1.807) is 13.0 Å². The number of hydrogen-bond donors (Lipinski definition) is 1. The van der Waals surface area contributed by atoms with Gasteiger partial charge in [0.25, 0.3) is 0 Å². The minimum absolute atomic E-state index is 0.130. The summed E-state index contributed by atoms with van der Waals surface area (Å²) >= 11 is 0. The van der Waals surface area contributed by atoms with E-state index in [2.05, 4.69) is 4.98 Å².